The average molecular weight is 351 g/mol. The van der Waals surface area contributed by atoms with Crippen molar-refractivity contribution in [1.82, 2.24) is 10.2 Å². The van der Waals surface area contributed by atoms with E-state index in [0.717, 1.165) is 10.5 Å². The predicted octanol–water partition coefficient (Wildman–Crippen LogP) is 1.09. The standard InChI is InChI=1S/C19H17N3O4/c20-17(24)13-7-5-12(6-8-13)11-21-16(23)9-10-22-18(25)14-3-1-2-4-15(14)19(22)26/h1-8H,9-11H2,(H2,20,24)(H,21,23). The van der Waals surface area contributed by atoms with Gasteiger partial charge in [0.2, 0.25) is 11.8 Å². The summed E-state index contributed by atoms with van der Waals surface area (Å²) in [4.78, 5) is 48.5. The van der Waals surface area contributed by atoms with Crippen molar-refractivity contribution < 1.29 is 19.2 Å². The molecule has 7 nitrogen and oxygen atoms in total. The number of amides is 4. The van der Waals surface area contributed by atoms with E-state index in [9.17, 15) is 19.2 Å². The van der Waals surface area contributed by atoms with Gasteiger partial charge in [0.15, 0.2) is 0 Å². The van der Waals surface area contributed by atoms with Crippen LogP contribution in [0.1, 0.15) is 43.1 Å². The fourth-order valence-electron chi connectivity index (χ4n) is 2.73. The fraction of sp³-hybridized carbons (Fsp3) is 0.158. The highest BCUT2D eigenvalue weighted by molar-refractivity contribution is 6.21. The summed E-state index contributed by atoms with van der Waals surface area (Å²) in [6.45, 7) is 0.304. The molecular weight excluding hydrogens is 334 g/mol. The minimum absolute atomic E-state index is 0.0187. The van der Waals surface area contributed by atoms with Gasteiger partial charge in [0.1, 0.15) is 0 Å². The van der Waals surface area contributed by atoms with E-state index in [1.165, 1.54) is 0 Å². The van der Waals surface area contributed by atoms with Crippen LogP contribution in [-0.4, -0.2) is 35.1 Å². The predicted molar refractivity (Wildman–Crippen MR) is 93.2 cm³/mol. The van der Waals surface area contributed by atoms with Gasteiger partial charge in [-0.15, -0.1) is 0 Å². The molecule has 2 aromatic carbocycles. The molecule has 0 spiro atoms. The summed E-state index contributed by atoms with van der Waals surface area (Å²) in [5, 5.41) is 2.72. The first kappa shape index (κ1) is 17.3. The highest BCUT2D eigenvalue weighted by Gasteiger charge is 2.34. The van der Waals surface area contributed by atoms with Gasteiger partial charge in [-0.3, -0.25) is 24.1 Å². The monoisotopic (exact) mass is 351 g/mol. The van der Waals surface area contributed by atoms with Crippen LogP contribution in [0.4, 0.5) is 0 Å². The van der Waals surface area contributed by atoms with E-state index in [1.54, 1.807) is 48.5 Å². The van der Waals surface area contributed by atoms with Crippen LogP contribution in [0.3, 0.4) is 0 Å². The molecular formula is C19H17N3O4. The van der Waals surface area contributed by atoms with E-state index >= 15 is 0 Å². The molecule has 26 heavy (non-hydrogen) atoms. The quantitative estimate of drug-likeness (QED) is 0.759. The van der Waals surface area contributed by atoms with Crippen LogP contribution < -0.4 is 11.1 Å². The van der Waals surface area contributed by atoms with Crippen molar-refractivity contribution in [3.8, 4) is 0 Å². The van der Waals surface area contributed by atoms with Gasteiger partial charge >= 0.3 is 0 Å². The van der Waals surface area contributed by atoms with E-state index in [0.29, 0.717) is 16.7 Å². The minimum Gasteiger partial charge on any atom is -0.366 e. The average Bonchev–Trinajstić information content (AvgIpc) is 2.89. The molecule has 3 N–H and O–H groups in total. The third kappa shape index (κ3) is 3.46. The Bertz CT molecular complexity index is 855. The van der Waals surface area contributed by atoms with Gasteiger partial charge in [0.05, 0.1) is 11.1 Å². The van der Waals surface area contributed by atoms with Gasteiger partial charge in [-0.05, 0) is 29.8 Å². The van der Waals surface area contributed by atoms with E-state index in [-0.39, 0.29) is 37.2 Å². The van der Waals surface area contributed by atoms with Crippen LogP contribution in [0.2, 0.25) is 0 Å². The fourth-order valence-corrected chi connectivity index (χ4v) is 2.73. The summed E-state index contributed by atoms with van der Waals surface area (Å²) < 4.78 is 0. The van der Waals surface area contributed by atoms with Crippen molar-refractivity contribution in [3.05, 3.63) is 70.8 Å². The topological polar surface area (TPSA) is 110 Å². The van der Waals surface area contributed by atoms with E-state index in [1.807, 2.05) is 0 Å². The number of nitrogens with two attached hydrogens (primary N) is 1. The van der Waals surface area contributed by atoms with Crippen LogP contribution >= 0.6 is 0 Å². The zero-order chi connectivity index (χ0) is 18.7. The number of rotatable bonds is 6. The Hall–Kier alpha value is -3.48. The molecule has 1 aliphatic rings. The number of hydrogen-bond donors (Lipinski definition) is 2. The molecule has 0 bridgehead atoms. The molecule has 0 atom stereocenters. The molecule has 7 heteroatoms. The second-order valence-electron chi connectivity index (χ2n) is 5.90. The van der Waals surface area contributed by atoms with Crippen molar-refractivity contribution >= 4 is 23.6 Å². The van der Waals surface area contributed by atoms with Gasteiger partial charge in [-0.1, -0.05) is 24.3 Å². The summed E-state index contributed by atoms with van der Waals surface area (Å²) in [7, 11) is 0. The third-order valence-corrected chi connectivity index (χ3v) is 4.17. The lowest BCUT2D eigenvalue weighted by atomic mass is 10.1. The molecule has 0 radical (unpaired) electrons. The second-order valence-corrected chi connectivity index (χ2v) is 5.90. The van der Waals surface area contributed by atoms with Gasteiger partial charge in [0, 0.05) is 25.1 Å². The molecule has 0 aliphatic carbocycles. The number of primary amides is 1. The Morgan fingerprint density at radius 3 is 2.04 bits per heavy atom. The first-order valence-corrected chi connectivity index (χ1v) is 8.08. The lowest BCUT2D eigenvalue weighted by Gasteiger charge is -2.13. The second kappa shape index (κ2) is 7.18. The van der Waals surface area contributed by atoms with Gasteiger partial charge in [0.25, 0.3) is 11.8 Å². The van der Waals surface area contributed by atoms with Crippen LogP contribution in [0.25, 0.3) is 0 Å². The zero-order valence-electron chi connectivity index (χ0n) is 13.9. The number of carbonyl (C=O) groups excluding carboxylic acids is 4. The van der Waals surface area contributed by atoms with E-state index < -0.39 is 5.91 Å². The first-order chi connectivity index (χ1) is 12.5. The maximum atomic E-state index is 12.2. The van der Waals surface area contributed by atoms with Crippen molar-refractivity contribution in [2.75, 3.05) is 6.54 Å². The lowest BCUT2D eigenvalue weighted by molar-refractivity contribution is -0.121. The third-order valence-electron chi connectivity index (χ3n) is 4.17. The largest absolute Gasteiger partial charge is 0.366 e. The van der Waals surface area contributed by atoms with Gasteiger partial charge in [-0.2, -0.15) is 0 Å². The maximum absolute atomic E-state index is 12.2. The normalized spacial score (nSPS) is 12.8. The van der Waals surface area contributed by atoms with Crippen molar-refractivity contribution in [3.63, 3.8) is 0 Å². The van der Waals surface area contributed by atoms with Crippen LogP contribution in [-0.2, 0) is 11.3 Å². The molecule has 0 saturated carbocycles. The molecule has 1 heterocycles. The molecule has 0 unspecified atom stereocenters. The Balaban J connectivity index is 1.51. The number of fused-ring (bicyclic) bond motifs is 1. The van der Waals surface area contributed by atoms with Gasteiger partial charge in [-0.25, -0.2) is 0 Å². The van der Waals surface area contributed by atoms with Gasteiger partial charge < -0.3 is 11.1 Å². The van der Waals surface area contributed by atoms with Crippen LogP contribution in [0.15, 0.2) is 48.5 Å². The summed E-state index contributed by atoms with van der Waals surface area (Å²) >= 11 is 0. The molecule has 4 amide bonds. The number of imide groups is 1. The molecule has 0 aromatic heterocycles. The SMILES string of the molecule is NC(=O)c1ccc(CNC(=O)CCN2C(=O)c3ccccc3C2=O)cc1. The smallest absolute Gasteiger partial charge is 0.261 e. The molecule has 0 saturated heterocycles. The Kier molecular flexibility index (Phi) is 4.79. The first-order valence-electron chi connectivity index (χ1n) is 8.08. The molecule has 3 rings (SSSR count). The van der Waals surface area contributed by atoms with Crippen molar-refractivity contribution in [2.45, 2.75) is 13.0 Å². The maximum Gasteiger partial charge on any atom is 0.261 e. The number of nitrogens with one attached hydrogen (secondary N) is 1. The van der Waals surface area contributed by atoms with Crippen molar-refractivity contribution in [2.24, 2.45) is 5.73 Å². The molecule has 0 fully saturated rings. The zero-order valence-corrected chi connectivity index (χ0v) is 13.9. The summed E-state index contributed by atoms with van der Waals surface area (Å²) in [6, 6.07) is 13.2. The Labute approximate surface area is 149 Å². The summed E-state index contributed by atoms with van der Waals surface area (Å²) in [5.74, 6) is -1.54. The summed E-state index contributed by atoms with van der Waals surface area (Å²) in [6.07, 6.45) is 0.0187. The molecule has 2 aromatic rings. The Morgan fingerprint density at radius 2 is 1.50 bits per heavy atom. The Morgan fingerprint density at radius 1 is 0.923 bits per heavy atom. The van der Waals surface area contributed by atoms with Crippen LogP contribution in [0.5, 0.6) is 0 Å². The number of carbonyl (C=O) groups is 4. The van der Waals surface area contributed by atoms with Crippen molar-refractivity contribution in [1.29, 1.82) is 0 Å². The van der Waals surface area contributed by atoms with E-state index in [2.05, 4.69) is 5.32 Å². The minimum atomic E-state index is -0.512. The molecule has 1 aliphatic heterocycles. The number of benzene rings is 2. The number of nitrogens with zero attached hydrogens (tertiary/aromatic N) is 1. The molecule has 132 valence electrons. The summed E-state index contributed by atoms with van der Waals surface area (Å²) in [5.41, 5.74) is 7.11. The highest BCUT2D eigenvalue weighted by Crippen LogP contribution is 2.22. The number of hydrogen-bond acceptors (Lipinski definition) is 4. The van der Waals surface area contributed by atoms with E-state index in [4.69, 9.17) is 5.73 Å². The highest BCUT2D eigenvalue weighted by atomic mass is 16.2. The lowest BCUT2D eigenvalue weighted by Crippen LogP contribution is -2.34. The van der Waals surface area contributed by atoms with Crippen LogP contribution in [0, 0.1) is 0 Å².